The van der Waals surface area contributed by atoms with Gasteiger partial charge in [-0.25, -0.2) is 4.79 Å². The van der Waals surface area contributed by atoms with E-state index >= 15 is 0 Å². The maximum absolute atomic E-state index is 11.8. The van der Waals surface area contributed by atoms with Crippen molar-refractivity contribution < 1.29 is 19.8 Å². The number of carbonyl (C=O) groups excluding carboxylic acids is 1. The van der Waals surface area contributed by atoms with Crippen molar-refractivity contribution in [2.45, 2.75) is 32.2 Å². The monoisotopic (exact) mass is 244 g/mol. The minimum atomic E-state index is -0.896. The van der Waals surface area contributed by atoms with Crippen molar-refractivity contribution in [1.82, 2.24) is 10.2 Å². The molecule has 0 saturated heterocycles. The van der Waals surface area contributed by atoms with Crippen molar-refractivity contribution in [3.8, 4) is 0 Å². The molecule has 0 radical (unpaired) electrons. The third kappa shape index (κ3) is 4.60. The molecule has 1 rings (SSSR count). The summed E-state index contributed by atoms with van der Waals surface area (Å²) < 4.78 is 0. The number of hydrogen-bond acceptors (Lipinski definition) is 3. The first kappa shape index (κ1) is 13.8. The summed E-state index contributed by atoms with van der Waals surface area (Å²) in [5.41, 5.74) is 0. The lowest BCUT2D eigenvalue weighted by Crippen LogP contribution is -2.47. The van der Waals surface area contributed by atoms with E-state index in [1.54, 1.807) is 0 Å². The first-order valence-corrected chi connectivity index (χ1v) is 5.96. The van der Waals surface area contributed by atoms with Crippen molar-refractivity contribution in [2.75, 3.05) is 19.7 Å². The maximum atomic E-state index is 11.8. The molecule has 0 bridgehead atoms. The summed E-state index contributed by atoms with van der Waals surface area (Å²) in [6.07, 6.45) is 1.92. The summed E-state index contributed by atoms with van der Waals surface area (Å²) in [6.45, 7) is 2.50. The lowest BCUT2D eigenvalue weighted by atomic mass is 10.1. The van der Waals surface area contributed by atoms with Gasteiger partial charge in [0.1, 0.15) is 0 Å². The van der Waals surface area contributed by atoms with Crippen LogP contribution < -0.4 is 5.32 Å². The highest BCUT2D eigenvalue weighted by molar-refractivity contribution is 5.76. The number of carboxylic acid groups (broad SMARTS) is 1. The van der Waals surface area contributed by atoms with E-state index in [9.17, 15) is 9.59 Å². The molecule has 0 aromatic rings. The molecule has 1 aliphatic carbocycles. The van der Waals surface area contributed by atoms with Gasteiger partial charge in [-0.3, -0.25) is 4.79 Å². The van der Waals surface area contributed by atoms with Crippen LogP contribution in [0.2, 0.25) is 0 Å². The van der Waals surface area contributed by atoms with Gasteiger partial charge in [-0.15, -0.1) is 0 Å². The Morgan fingerprint density at radius 1 is 1.47 bits per heavy atom. The lowest BCUT2D eigenvalue weighted by Gasteiger charge is -2.24. The molecule has 0 heterocycles. The zero-order valence-corrected chi connectivity index (χ0v) is 10.1. The summed E-state index contributed by atoms with van der Waals surface area (Å²) in [6, 6.07) is -0.576. The van der Waals surface area contributed by atoms with Gasteiger partial charge in [0.15, 0.2) is 0 Å². The van der Waals surface area contributed by atoms with Crippen molar-refractivity contribution in [2.24, 2.45) is 5.92 Å². The number of rotatable bonds is 7. The quantitative estimate of drug-likeness (QED) is 0.599. The largest absolute Gasteiger partial charge is 0.481 e. The molecule has 17 heavy (non-hydrogen) atoms. The third-order valence-corrected chi connectivity index (χ3v) is 2.93. The van der Waals surface area contributed by atoms with Crippen LogP contribution in [-0.2, 0) is 4.79 Å². The van der Waals surface area contributed by atoms with Gasteiger partial charge in [-0.2, -0.15) is 0 Å². The molecule has 6 heteroatoms. The summed E-state index contributed by atoms with van der Waals surface area (Å²) >= 11 is 0. The van der Waals surface area contributed by atoms with Gasteiger partial charge in [-0.1, -0.05) is 0 Å². The zero-order valence-electron chi connectivity index (χ0n) is 10.1. The predicted molar refractivity (Wildman–Crippen MR) is 61.6 cm³/mol. The number of aliphatic hydroxyl groups excluding tert-OH is 1. The van der Waals surface area contributed by atoms with Crippen molar-refractivity contribution in [3.05, 3.63) is 0 Å². The minimum absolute atomic E-state index is 0.0346. The molecular weight excluding hydrogens is 224 g/mol. The normalized spacial score (nSPS) is 16.4. The fraction of sp³-hybridized carbons (Fsp3) is 0.818. The Kier molecular flexibility index (Phi) is 5.21. The summed E-state index contributed by atoms with van der Waals surface area (Å²) in [5.74, 6) is -0.602. The van der Waals surface area contributed by atoms with Crippen LogP contribution >= 0.6 is 0 Å². The van der Waals surface area contributed by atoms with E-state index in [0.29, 0.717) is 12.5 Å². The smallest absolute Gasteiger partial charge is 0.317 e. The van der Waals surface area contributed by atoms with Crippen LogP contribution in [0.4, 0.5) is 4.79 Å². The summed E-state index contributed by atoms with van der Waals surface area (Å²) in [7, 11) is 0. The summed E-state index contributed by atoms with van der Waals surface area (Å²) in [5, 5.41) is 20.3. The highest BCUT2D eigenvalue weighted by Gasteiger charge is 2.34. The van der Waals surface area contributed by atoms with E-state index < -0.39 is 5.97 Å². The first-order chi connectivity index (χ1) is 8.08. The average molecular weight is 244 g/mol. The van der Waals surface area contributed by atoms with Crippen molar-refractivity contribution >= 4 is 12.0 Å². The molecular formula is C11H20N2O4. The van der Waals surface area contributed by atoms with Crippen LogP contribution in [0.5, 0.6) is 0 Å². The Morgan fingerprint density at radius 2 is 2.12 bits per heavy atom. The fourth-order valence-electron chi connectivity index (χ4n) is 1.80. The van der Waals surface area contributed by atoms with Gasteiger partial charge in [0.25, 0.3) is 0 Å². The van der Waals surface area contributed by atoms with E-state index in [1.165, 1.54) is 4.90 Å². The van der Waals surface area contributed by atoms with Crippen LogP contribution in [-0.4, -0.2) is 52.9 Å². The van der Waals surface area contributed by atoms with Gasteiger partial charge < -0.3 is 20.4 Å². The zero-order chi connectivity index (χ0) is 12.8. The van der Waals surface area contributed by atoms with E-state index in [-0.39, 0.29) is 31.6 Å². The predicted octanol–water partition coefficient (Wildman–Crippen LogP) is 0.263. The molecule has 1 unspecified atom stereocenters. The molecule has 98 valence electrons. The number of likely N-dealkylation sites (N-methyl/N-ethyl adjacent to an activating group) is 1. The molecule has 0 aromatic carbocycles. The topological polar surface area (TPSA) is 89.9 Å². The SMILES string of the molecule is CCN(CCO)C(=O)NC(CC(=O)O)C1CC1. The lowest BCUT2D eigenvalue weighted by molar-refractivity contribution is -0.137. The van der Waals surface area contributed by atoms with Crippen LogP contribution in [0.1, 0.15) is 26.2 Å². The number of nitrogens with zero attached hydrogens (tertiary/aromatic N) is 1. The molecule has 3 N–H and O–H groups in total. The van der Waals surface area contributed by atoms with Crippen LogP contribution in [0.25, 0.3) is 0 Å². The number of carbonyl (C=O) groups is 2. The molecule has 1 atom stereocenters. The highest BCUT2D eigenvalue weighted by Crippen LogP contribution is 2.34. The second kappa shape index (κ2) is 6.44. The molecule has 2 amide bonds. The first-order valence-electron chi connectivity index (χ1n) is 5.96. The molecule has 0 aliphatic heterocycles. The average Bonchev–Trinajstić information content (AvgIpc) is 3.07. The number of hydrogen-bond donors (Lipinski definition) is 3. The minimum Gasteiger partial charge on any atom is -0.481 e. The van der Waals surface area contributed by atoms with Gasteiger partial charge in [-0.05, 0) is 25.7 Å². The van der Waals surface area contributed by atoms with Gasteiger partial charge in [0.05, 0.1) is 13.0 Å². The second-order valence-electron chi connectivity index (χ2n) is 4.29. The molecule has 6 nitrogen and oxygen atoms in total. The van der Waals surface area contributed by atoms with Gasteiger partial charge >= 0.3 is 12.0 Å². The fourth-order valence-corrected chi connectivity index (χ4v) is 1.80. The van der Waals surface area contributed by atoms with Crippen molar-refractivity contribution in [1.29, 1.82) is 0 Å². The number of urea groups is 1. The van der Waals surface area contributed by atoms with Gasteiger partial charge in [0, 0.05) is 19.1 Å². The Hall–Kier alpha value is -1.30. The third-order valence-electron chi connectivity index (χ3n) is 2.93. The second-order valence-corrected chi connectivity index (χ2v) is 4.29. The van der Waals surface area contributed by atoms with E-state index in [1.807, 2.05) is 6.92 Å². The Bertz CT molecular complexity index is 279. The number of aliphatic hydroxyl groups is 1. The molecule has 0 aromatic heterocycles. The Labute approximate surface area is 101 Å². The number of carboxylic acids is 1. The standard InChI is InChI=1S/C11H20N2O4/c1-2-13(5-6-14)11(17)12-9(7-10(15)16)8-3-4-8/h8-9,14H,2-7H2,1H3,(H,12,17)(H,15,16). The van der Waals surface area contributed by atoms with Crippen LogP contribution in [0.3, 0.4) is 0 Å². The van der Waals surface area contributed by atoms with E-state index in [0.717, 1.165) is 12.8 Å². The van der Waals surface area contributed by atoms with E-state index in [2.05, 4.69) is 5.32 Å². The number of aliphatic carboxylic acids is 1. The molecule has 1 saturated carbocycles. The van der Waals surface area contributed by atoms with Gasteiger partial charge in [0.2, 0.25) is 0 Å². The number of amides is 2. The molecule has 1 fully saturated rings. The Morgan fingerprint density at radius 3 is 2.53 bits per heavy atom. The number of nitrogens with one attached hydrogen (secondary N) is 1. The maximum Gasteiger partial charge on any atom is 0.317 e. The van der Waals surface area contributed by atoms with Crippen molar-refractivity contribution in [3.63, 3.8) is 0 Å². The van der Waals surface area contributed by atoms with Crippen LogP contribution in [0.15, 0.2) is 0 Å². The molecule has 1 aliphatic rings. The van der Waals surface area contributed by atoms with Crippen LogP contribution in [0, 0.1) is 5.92 Å². The van der Waals surface area contributed by atoms with E-state index in [4.69, 9.17) is 10.2 Å². The highest BCUT2D eigenvalue weighted by atomic mass is 16.4. The molecule has 0 spiro atoms. The Balaban J connectivity index is 2.47. The summed E-state index contributed by atoms with van der Waals surface area (Å²) in [4.78, 5) is 24.0.